The number of fused-ring (bicyclic) bond motifs is 1. The minimum absolute atomic E-state index is 0.0790. The van der Waals surface area contributed by atoms with E-state index in [9.17, 15) is 24.2 Å². The lowest BCUT2D eigenvalue weighted by Gasteiger charge is -2.25. The largest absolute Gasteiger partial charge is 0.508 e. The maximum atomic E-state index is 13.2. The van der Waals surface area contributed by atoms with Crippen molar-refractivity contribution in [3.05, 3.63) is 99.5 Å². The molecule has 3 N–H and O–H groups in total. The molecular weight excluding hydrogens is 455 g/mol. The van der Waals surface area contributed by atoms with Crippen LogP contribution in [0.5, 0.6) is 11.5 Å². The number of nitrogens with zero attached hydrogens (tertiary/aromatic N) is 3. The molecule has 10 heteroatoms. The molecule has 4 aromatic rings. The standard InChI is InChI=1S/C25H19FN4O5/c1-13-10-21(32)22(25(34)35-13)19-11-20(14-2-8-17(31)9-3-14)30-23(29-19)18(12-27-30)24(33)28-16-6-4-15(26)5-7-16/h2-10,12,20,31-32H,11H2,1H3,(H,28,33). The zero-order chi connectivity index (χ0) is 24.7. The number of benzene rings is 2. The van der Waals surface area contributed by atoms with E-state index in [0.29, 0.717) is 5.69 Å². The van der Waals surface area contributed by atoms with E-state index in [1.165, 1.54) is 48.7 Å². The molecule has 5 rings (SSSR count). The van der Waals surface area contributed by atoms with Gasteiger partial charge < -0.3 is 19.9 Å². The molecule has 0 radical (unpaired) electrons. The van der Waals surface area contributed by atoms with E-state index in [1.54, 1.807) is 23.7 Å². The fourth-order valence-electron chi connectivity index (χ4n) is 4.01. The molecule has 9 nitrogen and oxygen atoms in total. The van der Waals surface area contributed by atoms with E-state index in [2.05, 4.69) is 15.4 Å². The fraction of sp³-hybridized carbons (Fsp3) is 0.120. The van der Waals surface area contributed by atoms with Gasteiger partial charge in [0.25, 0.3) is 5.91 Å². The van der Waals surface area contributed by atoms with Crippen molar-refractivity contribution in [2.75, 3.05) is 5.32 Å². The summed E-state index contributed by atoms with van der Waals surface area (Å²) in [5.41, 5.74) is 0.599. The Balaban J connectivity index is 1.62. The fourth-order valence-corrected chi connectivity index (χ4v) is 4.01. The van der Waals surface area contributed by atoms with Gasteiger partial charge in [-0.05, 0) is 48.9 Å². The summed E-state index contributed by atoms with van der Waals surface area (Å²) in [4.78, 5) is 30.2. The molecule has 1 aliphatic rings. The van der Waals surface area contributed by atoms with Gasteiger partial charge in [0, 0.05) is 18.2 Å². The van der Waals surface area contributed by atoms with Crippen molar-refractivity contribution < 1.29 is 23.8 Å². The number of aliphatic imine (C=N–C) groups is 1. The third-order valence-corrected chi connectivity index (χ3v) is 5.66. The number of amides is 1. The molecule has 0 spiro atoms. The van der Waals surface area contributed by atoms with Crippen LogP contribution in [0.2, 0.25) is 0 Å². The second-order valence-corrected chi connectivity index (χ2v) is 8.06. The molecule has 0 fully saturated rings. The van der Waals surface area contributed by atoms with E-state index in [1.807, 2.05) is 0 Å². The summed E-state index contributed by atoms with van der Waals surface area (Å²) in [7, 11) is 0. The molecule has 35 heavy (non-hydrogen) atoms. The Kier molecular flexibility index (Phi) is 5.40. The Morgan fingerprint density at radius 3 is 2.54 bits per heavy atom. The molecule has 1 unspecified atom stereocenters. The van der Waals surface area contributed by atoms with Gasteiger partial charge in [0.2, 0.25) is 0 Å². The predicted octanol–water partition coefficient (Wildman–Crippen LogP) is 4.06. The lowest BCUT2D eigenvalue weighted by atomic mass is 9.96. The van der Waals surface area contributed by atoms with Crippen LogP contribution in [-0.2, 0) is 0 Å². The number of aryl methyl sites for hydroxylation is 1. The molecular formula is C25H19FN4O5. The summed E-state index contributed by atoms with van der Waals surface area (Å²) in [6, 6.07) is 12.6. The maximum Gasteiger partial charge on any atom is 0.348 e. The highest BCUT2D eigenvalue weighted by molar-refractivity contribution is 6.10. The summed E-state index contributed by atoms with van der Waals surface area (Å²) in [5.74, 6) is -0.765. The Morgan fingerprint density at radius 2 is 1.86 bits per heavy atom. The molecule has 3 heterocycles. The molecule has 0 saturated heterocycles. The number of aromatic hydroxyl groups is 2. The first-order valence-electron chi connectivity index (χ1n) is 10.6. The Hall–Kier alpha value is -4.73. The molecule has 2 aromatic carbocycles. The first-order chi connectivity index (χ1) is 16.8. The van der Waals surface area contributed by atoms with E-state index in [4.69, 9.17) is 4.42 Å². The van der Waals surface area contributed by atoms with Crippen LogP contribution < -0.4 is 10.9 Å². The lowest BCUT2D eigenvalue weighted by Crippen LogP contribution is -2.25. The van der Waals surface area contributed by atoms with Gasteiger partial charge in [-0.2, -0.15) is 5.10 Å². The molecule has 1 amide bonds. The normalized spacial score (nSPS) is 14.8. The van der Waals surface area contributed by atoms with Gasteiger partial charge in [0.05, 0.1) is 18.0 Å². The topological polar surface area (TPSA) is 130 Å². The molecule has 176 valence electrons. The van der Waals surface area contributed by atoms with Crippen LogP contribution in [0.25, 0.3) is 0 Å². The van der Waals surface area contributed by atoms with Crippen molar-refractivity contribution in [1.82, 2.24) is 9.78 Å². The second kappa shape index (κ2) is 8.56. The molecule has 0 saturated carbocycles. The molecule has 0 bridgehead atoms. The number of phenols is 1. The minimum Gasteiger partial charge on any atom is -0.508 e. The second-order valence-electron chi connectivity index (χ2n) is 8.06. The summed E-state index contributed by atoms with van der Waals surface area (Å²) in [5, 5.41) is 27.3. The first-order valence-corrected chi connectivity index (χ1v) is 10.6. The summed E-state index contributed by atoms with van der Waals surface area (Å²) in [6.07, 6.45) is 1.52. The van der Waals surface area contributed by atoms with Crippen molar-refractivity contribution in [3.8, 4) is 11.5 Å². The summed E-state index contributed by atoms with van der Waals surface area (Å²) >= 11 is 0. The van der Waals surface area contributed by atoms with Crippen LogP contribution in [0.4, 0.5) is 15.9 Å². The Bertz CT molecular complexity index is 1520. The van der Waals surface area contributed by atoms with Crippen molar-refractivity contribution in [2.24, 2.45) is 4.99 Å². The van der Waals surface area contributed by atoms with E-state index in [-0.39, 0.29) is 46.3 Å². The predicted molar refractivity (Wildman–Crippen MR) is 125 cm³/mol. The first kappa shape index (κ1) is 22.1. The number of anilines is 1. The number of carbonyl (C=O) groups is 1. The molecule has 0 aliphatic carbocycles. The number of phenolic OH excluding ortho intramolecular Hbond substituents is 1. The number of aromatic nitrogens is 2. The van der Waals surface area contributed by atoms with Gasteiger partial charge in [0.1, 0.15) is 34.2 Å². The van der Waals surface area contributed by atoms with Gasteiger partial charge in [-0.25, -0.2) is 18.9 Å². The van der Waals surface area contributed by atoms with Crippen molar-refractivity contribution in [1.29, 1.82) is 0 Å². The third kappa shape index (κ3) is 4.17. The SMILES string of the molecule is Cc1cc(O)c(C2=Nc3c(C(=O)Nc4ccc(F)cc4)cnn3C(c3ccc(O)cc3)C2)c(=O)o1. The van der Waals surface area contributed by atoms with Crippen LogP contribution in [0.1, 0.15) is 39.7 Å². The van der Waals surface area contributed by atoms with E-state index >= 15 is 0 Å². The summed E-state index contributed by atoms with van der Waals surface area (Å²) in [6.45, 7) is 1.54. The zero-order valence-corrected chi connectivity index (χ0v) is 18.4. The number of hydrogen-bond donors (Lipinski definition) is 3. The monoisotopic (exact) mass is 474 g/mol. The van der Waals surface area contributed by atoms with Crippen molar-refractivity contribution in [2.45, 2.75) is 19.4 Å². The number of halogens is 1. The quantitative estimate of drug-likeness (QED) is 0.409. The van der Waals surface area contributed by atoms with Gasteiger partial charge in [-0.15, -0.1) is 0 Å². The third-order valence-electron chi connectivity index (χ3n) is 5.66. The van der Waals surface area contributed by atoms with Crippen LogP contribution in [-0.4, -0.2) is 31.6 Å². The molecule has 2 aromatic heterocycles. The highest BCUT2D eigenvalue weighted by Crippen LogP contribution is 2.37. The summed E-state index contributed by atoms with van der Waals surface area (Å²) < 4.78 is 19.9. The van der Waals surface area contributed by atoms with Crippen molar-refractivity contribution >= 4 is 23.1 Å². The molecule has 1 atom stereocenters. The maximum absolute atomic E-state index is 13.2. The van der Waals surface area contributed by atoms with Crippen LogP contribution in [0.3, 0.4) is 0 Å². The van der Waals surface area contributed by atoms with Gasteiger partial charge >= 0.3 is 5.63 Å². The van der Waals surface area contributed by atoms with Crippen molar-refractivity contribution in [3.63, 3.8) is 0 Å². The van der Waals surface area contributed by atoms with Crippen LogP contribution in [0, 0.1) is 12.7 Å². The van der Waals surface area contributed by atoms with Crippen LogP contribution >= 0.6 is 0 Å². The highest BCUT2D eigenvalue weighted by Gasteiger charge is 2.32. The smallest absolute Gasteiger partial charge is 0.348 e. The average molecular weight is 474 g/mol. The van der Waals surface area contributed by atoms with Gasteiger partial charge in [0.15, 0.2) is 5.82 Å². The highest BCUT2D eigenvalue weighted by atomic mass is 19.1. The minimum atomic E-state index is -0.754. The van der Waals surface area contributed by atoms with Gasteiger partial charge in [-0.1, -0.05) is 12.1 Å². The Morgan fingerprint density at radius 1 is 1.14 bits per heavy atom. The average Bonchev–Trinajstić information content (AvgIpc) is 3.24. The lowest BCUT2D eigenvalue weighted by molar-refractivity contribution is 0.102. The number of nitrogens with one attached hydrogen (secondary N) is 1. The van der Waals surface area contributed by atoms with Gasteiger partial charge in [-0.3, -0.25) is 4.79 Å². The number of carbonyl (C=O) groups excluding carboxylic acids is 1. The zero-order valence-electron chi connectivity index (χ0n) is 18.4. The van der Waals surface area contributed by atoms with E-state index < -0.39 is 23.4 Å². The van der Waals surface area contributed by atoms with Crippen LogP contribution in [0.15, 0.2) is 75.0 Å². The number of hydrogen-bond acceptors (Lipinski definition) is 7. The van der Waals surface area contributed by atoms with E-state index in [0.717, 1.165) is 5.56 Å². The molecule has 1 aliphatic heterocycles. The Labute approximate surface area is 197 Å². The number of rotatable bonds is 4.